The first-order valence-corrected chi connectivity index (χ1v) is 3.65. The Balaban J connectivity index is 0. The summed E-state index contributed by atoms with van der Waals surface area (Å²) >= 11 is 0. The van der Waals surface area contributed by atoms with E-state index in [9.17, 15) is 4.79 Å². The molecule has 2 N–H and O–H groups in total. The zero-order valence-corrected chi connectivity index (χ0v) is 10.4. The van der Waals surface area contributed by atoms with E-state index < -0.39 is 5.91 Å². The average Bonchev–Trinajstić information content (AvgIpc) is 2.07. The molecule has 1 radical (unpaired) electrons. The van der Waals surface area contributed by atoms with Crippen molar-refractivity contribution < 1.29 is 42.6 Å². The van der Waals surface area contributed by atoms with E-state index in [0.29, 0.717) is 12.2 Å². The zero-order chi connectivity index (χ0) is 9.40. The molecule has 0 atom stereocenters. The molecule has 1 amide bonds. The van der Waals surface area contributed by atoms with E-state index in [4.69, 9.17) is 10.8 Å². The maximum absolute atomic E-state index is 9.48. The molecule has 0 spiro atoms. The summed E-state index contributed by atoms with van der Waals surface area (Å²) in [5.41, 5.74) is 6.19. The van der Waals surface area contributed by atoms with Crippen molar-refractivity contribution in [3.8, 4) is 5.75 Å². The molecule has 3 nitrogen and oxygen atoms in total. The van der Waals surface area contributed by atoms with Gasteiger partial charge in [0.15, 0.2) is 0 Å². The molecule has 0 unspecified atom stereocenters. The van der Waals surface area contributed by atoms with Gasteiger partial charge in [-0.3, -0.25) is 0 Å². The van der Waals surface area contributed by atoms with Crippen molar-refractivity contribution in [1.82, 2.24) is 0 Å². The molecular weight excluding hydrogens is 243 g/mol. The number of amides is 1. The van der Waals surface area contributed by atoms with Gasteiger partial charge in [-0.15, -0.1) is 0 Å². The van der Waals surface area contributed by atoms with Gasteiger partial charge < -0.3 is 15.6 Å². The van der Waals surface area contributed by atoms with Crippen molar-refractivity contribution in [2.24, 2.45) is 0 Å². The molecule has 13 heavy (non-hydrogen) atoms. The number of benzene rings is 1. The van der Waals surface area contributed by atoms with Crippen molar-refractivity contribution in [1.29, 1.82) is 0 Å². The fourth-order valence-electron chi connectivity index (χ4n) is 0.428. The number of carbonyl (C=O) groups excluding carboxylic acids is 1. The third kappa shape index (κ3) is 11.6. The van der Waals surface area contributed by atoms with Crippen molar-refractivity contribution in [2.75, 3.05) is 0 Å². The summed E-state index contributed by atoms with van der Waals surface area (Å²) in [4.78, 5) is 9.48. The van der Waals surface area contributed by atoms with E-state index in [2.05, 4.69) is 0 Å². The van der Waals surface area contributed by atoms with Crippen LogP contribution in [0.15, 0.2) is 30.3 Å². The first kappa shape index (κ1) is 15.1. The Hall–Kier alpha value is -0.406. The van der Waals surface area contributed by atoms with Crippen LogP contribution in [0, 0.1) is 0 Å². The van der Waals surface area contributed by atoms with Gasteiger partial charge in [-0.05, 0) is 18.6 Å². The van der Waals surface area contributed by atoms with Gasteiger partial charge in [0.05, 0.1) is 0 Å². The molecule has 1 aromatic carbocycles. The Morgan fingerprint density at radius 2 is 1.77 bits per heavy atom. The Morgan fingerprint density at radius 3 is 1.92 bits per heavy atom. The Bertz CT molecular complexity index is 226. The van der Waals surface area contributed by atoms with Crippen LogP contribution in [0.3, 0.4) is 0 Å². The number of hydrogen-bond acceptors (Lipinski definition) is 2. The summed E-state index contributed by atoms with van der Waals surface area (Å²) in [5, 5.41) is 8.63. The SMILES string of the molecule is CCC([NH-])=O.Oc1ccccc1.[Y]. The largest absolute Gasteiger partial charge is 0.668 e. The molecule has 1 rings (SSSR count). The maximum atomic E-state index is 9.48. The summed E-state index contributed by atoms with van der Waals surface area (Å²) < 4.78 is 0. The first-order chi connectivity index (χ1) is 5.66. The molecule has 69 valence electrons. The van der Waals surface area contributed by atoms with Crippen LogP contribution in [0.1, 0.15) is 13.3 Å². The number of carbonyl (C=O) groups is 1. The predicted molar refractivity (Wildman–Crippen MR) is 47.7 cm³/mol. The predicted octanol–water partition coefficient (Wildman–Crippen LogP) is 2.36. The van der Waals surface area contributed by atoms with Gasteiger partial charge in [0.25, 0.3) is 0 Å². The molecule has 0 heterocycles. The monoisotopic (exact) mass is 255 g/mol. The normalized spacial score (nSPS) is 7.46. The molecule has 1 aromatic rings. The van der Waals surface area contributed by atoms with Crippen LogP contribution in [0.4, 0.5) is 0 Å². The third-order valence-corrected chi connectivity index (χ3v) is 1.08. The topological polar surface area (TPSA) is 61.1 Å². The number of nitrogens with one attached hydrogen (secondary N) is 1. The number of phenolic OH excluding ortho intramolecular Hbond substituents is 1. The summed E-state index contributed by atoms with van der Waals surface area (Å²) in [6.45, 7) is 1.66. The Morgan fingerprint density at radius 1 is 1.38 bits per heavy atom. The molecule has 4 heteroatoms. The van der Waals surface area contributed by atoms with E-state index in [0.717, 1.165) is 0 Å². The fourth-order valence-corrected chi connectivity index (χ4v) is 0.428. The minimum absolute atomic E-state index is 0. The summed E-state index contributed by atoms with van der Waals surface area (Å²) in [7, 11) is 0. The average molecular weight is 255 g/mol. The van der Waals surface area contributed by atoms with Crippen LogP contribution >= 0.6 is 0 Å². The van der Waals surface area contributed by atoms with Crippen LogP contribution in [-0.4, -0.2) is 11.0 Å². The number of phenols is 1. The van der Waals surface area contributed by atoms with E-state index >= 15 is 0 Å². The molecule has 0 bridgehead atoms. The smallest absolute Gasteiger partial charge is 0.115 e. The van der Waals surface area contributed by atoms with Crippen LogP contribution in [-0.2, 0) is 37.5 Å². The van der Waals surface area contributed by atoms with Gasteiger partial charge in [0, 0.05) is 38.6 Å². The third-order valence-electron chi connectivity index (χ3n) is 1.08. The van der Waals surface area contributed by atoms with E-state index in [1.54, 1.807) is 31.2 Å². The van der Waals surface area contributed by atoms with Gasteiger partial charge in [-0.1, -0.05) is 25.1 Å². The van der Waals surface area contributed by atoms with E-state index in [1.165, 1.54) is 0 Å². The second kappa shape index (κ2) is 9.68. The minimum Gasteiger partial charge on any atom is -0.668 e. The molecule has 0 aliphatic rings. The number of para-hydroxylation sites is 1. The van der Waals surface area contributed by atoms with Gasteiger partial charge in [0.1, 0.15) is 5.75 Å². The fraction of sp³-hybridized carbons (Fsp3) is 0.222. The van der Waals surface area contributed by atoms with Crippen LogP contribution in [0.5, 0.6) is 5.75 Å². The van der Waals surface area contributed by atoms with Crippen molar-refractivity contribution in [2.45, 2.75) is 13.3 Å². The molecule has 0 aliphatic carbocycles. The molecule has 0 saturated carbocycles. The number of hydrogen-bond donors (Lipinski definition) is 1. The number of aromatic hydroxyl groups is 1. The standard InChI is InChI=1S/C6H6O.C3H7NO.Y/c7-6-4-2-1-3-5-6;1-2-3(4)5;/h1-5,7H;2H2,1H3,(H2,4,5);/p-1. The molecule has 0 aromatic heterocycles. The quantitative estimate of drug-likeness (QED) is 0.837. The van der Waals surface area contributed by atoms with Crippen molar-refractivity contribution in [3.05, 3.63) is 36.1 Å². The van der Waals surface area contributed by atoms with Crippen LogP contribution < -0.4 is 0 Å². The van der Waals surface area contributed by atoms with E-state index in [1.807, 2.05) is 6.07 Å². The second-order valence-corrected chi connectivity index (χ2v) is 2.11. The van der Waals surface area contributed by atoms with Crippen LogP contribution in [0.2, 0.25) is 0 Å². The Labute approximate surface area is 103 Å². The molecule has 0 fully saturated rings. The van der Waals surface area contributed by atoms with Crippen LogP contribution in [0.25, 0.3) is 5.73 Å². The Kier molecular flexibility index (Phi) is 11.2. The molecule has 0 saturated heterocycles. The summed E-state index contributed by atoms with van der Waals surface area (Å²) in [6, 6.07) is 8.71. The maximum Gasteiger partial charge on any atom is 0.115 e. The molecule has 0 aliphatic heterocycles. The minimum atomic E-state index is -0.495. The van der Waals surface area contributed by atoms with Gasteiger partial charge in [0.2, 0.25) is 0 Å². The van der Waals surface area contributed by atoms with Gasteiger partial charge in [-0.2, -0.15) is 0 Å². The van der Waals surface area contributed by atoms with Gasteiger partial charge in [-0.25, -0.2) is 0 Å². The summed E-state index contributed by atoms with van der Waals surface area (Å²) in [6.07, 6.45) is 0.333. The number of rotatable bonds is 1. The van der Waals surface area contributed by atoms with Crippen molar-refractivity contribution >= 4 is 5.91 Å². The first-order valence-electron chi connectivity index (χ1n) is 3.65. The second-order valence-electron chi connectivity index (χ2n) is 2.11. The summed E-state index contributed by atoms with van der Waals surface area (Å²) in [5.74, 6) is -0.174. The van der Waals surface area contributed by atoms with E-state index in [-0.39, 0.29) is 32.7 Å². The van der Waals surface area contributed by atoms with Gasteiger partial charge >= 0.3 is 0 Å². The molecular formula is C9H12NO2Y-. The van der Waals surface area contributed by atoms with Crippen molar-refractivity contribution in [3.63, 3.8) is 0 Å². The zero-order valence-electron chi connectivity index (χ0n) is 7.53.